The topological polar surface area (TPSA) is 33.0 Å². The number of ether oxygens (including phenoxy) is 1. The van der Waals surface area contributed by atoms with Crippen LogP contribution in [-0.4, -0.2) is 6.36 Å². The highest BCUT2D eigenvalue weighted by Crippen LogP contribution is 2.28. The number of aryl methyl sites for hydroxylation is 1. The van der Waals surface area contributed by atoms with E-state index in [0.29, 0.717) is 11.1 Å². The van der Waals surface area contributed by atoms with Gasteiger partial charge in [0.25, 0.3) is 0 Å². The van der Waals surface area contributed by atoms with Crippen molar-refractivity contribution in [1.29, 1.82) is 5.26 Å². The fourth-order valence-electron chi connectivity index (χ4n) is 2.68. The Morgan fingerprint density at radius 3 is 2.17 bits per heavy atom. The number of hydrogen-bond donors (Lipinski definition) is 0. The van der Waals surface area contributed by atoms with E-state index in [-0.39, 0.29) is 10.6 Å². The quantitative estimate of drug-likeness (QED) is 0.202. The van der Waals surface area contributed by atoms with E-state index in [4.69, 9.17) is 5.26 Å². The van der Waals surface area contributed by atoms with Crippen LogP contribution in [0.25, 0.3) is 11.1 Å². The fraction of sp³-hybridized carbons (Fsp3) is 0.0870. The van der Waals surface area contributed by atoms with E-state index in [1.807, 2.05) is 24.5 Å². The third-order valence-corrected chi connectivity index (χ3v) is 4.72. The minimum atomic E-state index is -4.73. The van der Waals surface area contributed by atoms with Crippen molar-refractivity contribution in [3.8, 4) is 34.1 Å². The highest BCUT2D eigenvalue weighted by Gasteiger charge is 2.30. The lowest BCUT2D eigenvalue weighted by Crippen LogP contribution is -2.16. The smallest absolute Gasteiger partial charge is 0.406 e. The lowest BCUT2D eigenvalue weighted by molar-refractivity contribution is -0.274. The summed E-state index contributed by atoms with van der Waals surface area (Å²) in [6.45, 7) is 1.87. The third-order valence-electron chi connectivity index (χ3n) is 4.08. The summed E-state index contributed by atoms with van der Waals surface area (Å²) in [6, 6.07) is 15.5. The van der Waals surface area contributed by atoms with Gasteiger partial charge in [0.15, 0.2) is 0 Å². The Balaban J connectivity index is 1.79. The molecule has 0 bridgehead atoms. The summed E-state index contributed by atoms with van der Waals surface area (Å²) in [7, 11) is 0. The van der Waals surface area contributed by atoms with Crippen LogP contribution < -0.4 is 4.74 Å². The lowest BCUT2D eigenvalue weighted by atomic mass is 10.00. The molecule has 3 rings (SSSR count). The Labute approximate surface area is 175 Å². The average molecular weight is 427 g/mol. The first-order valence-corrected chi connectivity index (χ1v) is 9.41. The molecule has 0 heterocycles. The number of alkyl halides is 3. The zero-order chi connectivity index (χ0) is 21.7. The number of nitriles is 1. The second kappa shape index (κ2) is 8.94. The van der Waals surface area contributed by atoms with Gasteiger partial charge >= 0.3 is 6.36 Å². The molecule has 0 N–H and O–H groups in total. The Morgan fingerprint density at radius 2 is 1.57 bits per heavy atom. The molecule has 0 aromatic heterocycles. The molecular weight excluding hydrogens is 414 g/mol. The van der Waals surface area contributed by atoms with Gasteiger partial charge in [-0.2, -0.15) is 5.26 Å². The van der Waals surface area contributed by atoms with Crippen molar-refractivity contribution in [1.82, 2.24) is 0 Å². The SMILES string of the molecule is Cc1cc(-c2ccc(SC#N)c(F)c2)ccc1C#Cc1ccc(OC(F)(F)F)cc1. The van der Waals surface area contributed by atoms with Crippen LogP contribution in [0.3, 0.4) is 0 Å². The molecule has 0 spiro atoms. The van der Waals surface area contributed by atoms with Gasteiger partial charge in [0.2, 0.25) is 0 Å². The number of halogens is 4. The van der Waals surface area contributed by atoms with Crippen LogP contribution in [-0.2, 0) is 0 Å². The second-order valence-corrected chi connectivity index (χ2v) is 7.02. The first-order chi connectivity index (χ1) is 14.2. The van der Waals surface area contributed by atoms with Crippen LogP contribution >= 0.6 is 11.8 Å². The summed E-state index contributed by atoms with van der Waals surface area (Å²) in [5.41, 5.74) is 3.64. The van der Waals surface area contributed by atoms with E-state index in [1.165, 1.54) is 30.3 Å². The number of thioether (sulfide) groups is 1. The van der Waals surface area contributed by atoms with Gasteiger partial charge in [-0.1, -0.05) is 30.0 Å². The van der Waals surface area contributed by atoms with Gasteiger partial charge in [0.1, 0.15) is 17.0 Å². The summed E-state index contributed by atoms with van der Waals surface area (Å²) in [6.07, 6.45) is -4.73. The monoisotopic (exact) mass is 427 g/mol. The normalized spacial score (nSPS) is 10.7. The molecule has 0 aliphatic carbocycles. The minimum Gasteiger partial charge on any atom is -0.406 e. The predicted octanol–water partition coefficient (Wildman–Crippen LogP) is 6.67. The van der Waals surface area contributed by atoms with Gasteiger partial charge < -0.3 is 4.74 Å². The van der Waals surface area contributed by atoms with Gasteiger partial charge in [-0.25, -0.2) is 4.39 Å². The molecule has 0 radical (unpaired) electrons. The Bertz CT molecular complexity index is 1170. The maximum Gasteiger partial charge on any atom is 0.573 e. The van der Waals surface area contributed by atoms with Crippen LogP contribution in [0.15, 0.2) is 65.6 Å². The number of nitrogens with zero attached hydrogens (tertiary/aromatic N) is 1. The van der Waals surface area contributed by atoms with Crippen LogP contribution in [0.2, 0.25) is 0 Å². The molecule has 7 heteroatoms. The van der Waals surface area contributed by atoms with Crippen molar-refractivity contribution < 1.29 is 22.3 Å². The van der Waals surface area contributed by atoms with E-state index < -0.39 is 12.2 Å². The average Bonchev–Trinajstić information content (AvgIpc) is 2.68. The molecule has 0 amide bonds. The number of rotatable bonds is 3. The van der Waals surface area contributed by atoms with Crippen molar-refractivity contribution >= 4 is 11.8 Å². The summed E-state index contributed by atoms with van der Waals surface area (Å²) in [5, 5.41) is 10.5. The third kappa shape index (κ3) is 5.56. The number of benzene rings is 3. The van der Waals surface area contributed by atoms with Crippen molar-refractivity contribution in [2.24, 2.45) is 0 Å². The first-order valence-electron chi connectivity index (χ1n) is 8.59. The molecular formula is C23H13F4NOS. The molecule has 0 saturated heterocycles. The fourth-order valence-corrected chi connectivity index (χ4v) is 3.07. The number of hydrogen-bond acceptors (Lipinski definition) is 3. The van der Waals surface area contributed by atoms with E-state index in [0.717, 1.165) is 28.5 Å². The van der Waals surface area contributed by atoms with Gasteiger partial charge in [-0.3, -0.25) is 0 Å². The van der Waals surface area contributed by atoms with Crippen molar-refractivity contribution in [3.63, 3.8) is 0 Å². The zero-order valence-electron chi connectivity index (χ0n) is 15.5. The summed E-state index contributed by atoms with van der Waals surface area (Å²) in [5.74, 6) is 5.12. The van der Waals surface area contributed by atoms with Gasteiger partial charge in [0, 0.05) is 11.1 Å². The summed E-state index contributed by atoms with van der Waals surface area (Å²) in [4.78, 5) is 0.270. The Hall–Kier alpha value is -3.42. The highest BCUT2D eigenvalue weighted by molar-refractivity contribution is 8.03. The maximum absolute atomic E-state index is 14.1. The van der Waals surface area contributed by atoms with E-state index >= 15 is 0 Å². The van der Waals surface area contributed by atoms with E-state index in [2.05, 4.69) is 16.6 Å². The second-order valence-electron chi connectivity index (χ2n) is 6.19. The largest absolute Gasteiger partial charge is 0.573 e. The lowest BCUT2D eigenvalue weighted by Gasteiger charge is -2.08. The van der Waals surface area contributed by atoms with Crippen LogP contribution in [0, 0.1) is 35.2 Å². The molecule has 0 atom stereocenters. The molecule has 0 aliphatic heterocycles. The first kappa shape index (κ1) is 21.3. The van der Waals surface area contributed by atoms with Crippen molar-refractivity contribution in [2.45, 2.75) is 18.2 Å². The van der Waals surface area contributed by atoms with Crippen molar-refractivity contribution in [2.75, 3.05) is 0 Å². The molecule has 3 aromatic carbocycles. The number of thiocyanates is 1. The minimum absolute atomic E-state index is 0.270. The molecule has 0 aliphatic rings. The molecule has 0 fully saturated rings. The Morgan fingerprint density at radius 1 is 0.900 bits per heavy atom. The molecule has 30 heavy (non-hydrogen) atoms. The van der Waals surface area contributed by atoms with Gasteiger partial charge in [-0.15, -0.1) is 13.2 Å². The molecule has 2 nitrogen and oxygen atoms in total. The van der Waals surface area contributed by atoms with E-state index in [1.54, 1.807) is 18.2 Å². The zero-order valence-corrected chi connectivity index (χ0v) is 16.4. The molecule has 150 valence electrons. The standard InChI is InChI=1S/C23H13F4NOS/c1-15-12-18(19-8-11-22(30-14-28)21(24)13-19)7-6-17(15)5-2-16-3-9-20(10-4-16)29-23(25,26)27/h3-4,6-13H,1H3. The molecule has 0 saturated carbocycles. The summed E-state index contributed by atoms with van der Waals surface area (Å²) >= 11 is 0.768. The highest BCUT2D eigenvalue weighted by atomic mass is 32.2. The van der Waals surface area contributed by atoms with Crippen LogP contribution in [0.5, 0.6) is 5.75 Å². The predicted molar refractivity (Wildman–Crippen MR) is 107 cm³/mol. The molecule has 3 aromatic rings. The van der Waals surface area contributed by atoms with Crippen LogP contribution in [0.1, 0.15) is 16.7 Å². The Kier molecular flexibility index (Phi) is 6.34. The van der Waals surface area contributed by atoms with E-state index in [9.17, 15) is 17.6 Å². The van der Waals surface area contributed by atoms with Crippen LogP contribution in [0.4, 0.5) is 17.6 Å². The summed E-state index contributed by atoms with van der Waals surface area (Å²) < 4.78 is 54.5. The van der Waals surface area contributed by atoms with Gasteiger partial charge in [0.05, 0.1) is 4.90 Å². The van der Waals surface area contributed by atoms with Crippen molar-refractivity contribution in [3.05, 3.63) is 83.2 Å². The van der Waals surface area contributed by atoms with Gasteiger partial charge in [-0.05, 0) is 77.8 Å². The molecule has 0 unspecified atom stereocenters. The maximum atomic E-state index is 14.1.